The molecule has 3 aromatic rings. The van der Waals surface area contributed by atoms with E-state index in [1.54, 1.807) is 25.3 Å². The minimum atomic E-state index is -0.810. The molecule has 0 saturated carbocycles. The number of aryl methyl sites for hydroxylation is 1. The zero-order valence-corrected chi connectivity index (χ0v) is 20.1. The molecule has 4 rings (SSSR count). The number of carbonyl (C=O) groups is 2. The highest BCUT2D eigenvalue weighted by atomic mass is 16.5. The van der Waals surface area contributed by atoms with E-state index in [4.69, 9.17) is 14.2 Å². The standard InChI is InChI=1S/C28H27NO6/c1-17-8-5-10-19(14-17)25-24(26(30)23-21(34-3)12-7-13-22(23)35-4)27(31)28(32)29(25)16-18-9-6-11-20(15-18)33-2/h5-15,25,30H,16H2,1-4H3/b26-24+. The van der Waals surface area contributed by atoms with Gasteiger partial charge in [0.15, 0.2) is 0 Å². The van der Waals surface area contributed by atoms with Crippen LogP contribution in [0.1, 0.15) is 28.3 Å². The SMILES string of the molecule is COc1cccc(CN2C(=O)C(=O)/C(=C(/O)c3c(OC)cccc3OC)C2c2cccc(C)c2)c1. The predicted octanol–water partition coefficient (Wildman–Crippen LogP) is 4.64. The Balaban J connectivity index is 1.93. The molecule has 3 aromatic carbocycles. The third-order valence-corrected chi connectivity index (χ3v) is 6.05. The monoisotopic (exact) mass is 473 g/mol. The smallest absolute Gasteiger partial charge is 0.295 e. The van der Waals surface area contributed by atoms with Crippen molar-refractivity contribution in [2.24, 2.45) is 0 Å². The number of nitrogens with zero attached hydrogens (tertiary/aromatic N) is 1. The number of Topliss-reactive ketones (excluding diaryl/α,β-unsaturated/α-hetero) is 1. The van der Waals surface area contributed by atoms with Crippen molar-refractivity contribution in [1.82, 2.24) is 4.90 Å². The van der Waals surface area contributed by atoms with E-state index in [9.17, 15) is 14.7 Å². The van der Waals surface area contributed by atoms with Crippen LogP contribution < -0.4 is 14.2 Å². The molecule has 1 unspecified atom stereocenters. The lowest BCUT2D eigenvalue weighted by Gasteiger charge is -2.26. The van der Waals surface area contributed by atoms with Crippen LogP contribution in [0.25, 0.3) is 5.76 Å². The summed E-state index contributed by atoms with van der Waals surface area (Å²) in [6.07, 6.45) is 0. The number of ether oxygens (including phenoxy) is 3. The van der Waals surface area contributed by atoms with Crippen molar-refractivity contribution in [1.29, 1.82) is 0 Å². The Morgan fingerprint density at radius 3 is 2.17 bits per heavy atom. The highest BCUT2D eigenvalue weighted by Crippen LogP contribution is 2.44. The predicted molar refractivity (Wildman–Crippen MR) is 132 cm³/mol. The fraction of sp³-hybridized carbons (Fsp3) is 0.214. The van der Waals surface area contributed by atoms with Crippen LogP contribution >= 0.6 is 0 Å². The molecule has 1 heterocycles. The molecule has 1 aliphatic rings. The van der Waals surface area contributed by atoms with Gasteiger partial charge in [-0.15, -0.1) is 0 Å². The fourth-order valence-corrected chi connectivity index (χ4v) is 4.42. The molecule has 35 heavy (non-hydrogen) atoms. The second-order valence-corrected chi connectivity index (χ2v) is 8.23. The molecule has 1 saturated heterocycles. The number of ketones is 1. The van der Waals surface area contributed by atoms with Crippen LogP contribution in [0, 0.1) is 6.92 Å². The summed E-state index contributed by atoms with van der Waals surface area (Å²) in [6, 6.07) is 19.1. The van der Waals surface area contributed by atoms with Crippen LogP contribution in [0.15, 0.2) is 72.3 Å². The van der Waals surface area contributed by atoms with Crippen LogP contribution in [0.5, 0.6) is 17.2 Å². The zero-order valence-electron chi connectivity index (χ0n) is 20.1. The van der Waals surface area contributed by atoms with Crippen molar-refractivity contribution < 1.29 is 28.9 Å². The van der Waals surface area contributed by atoms with Gasteiger partial charge in [0.2, 0.25) is 0 Å². The Kier molecular flexibility index (Phi) is 6.78. The van der Waals surface area contributed by atoms with Crippen LogP contribution in [0.2, 0.25) is 0 Å². The molecule has 1 N–H and O–H groups in total. The summed E-state index contributed by atoms with van der Waals surface area (Å²) in [6.45, 7) is 2.08. The normalized spacial score (nSPS) is 16.9. The first-order valence-electron chi connectivity index (χ1n) is 11.1. The first kappa shape index (κ1) is 23.9. The zero-order chi connectivity index (χ0) is 25.1. The van der Waals surface area contributed by atoms with Gasteiger partial charge in [0.1, 0.15) is 28.6 Å². The topological polar surface area (TPSA) is 85.3 Å². The van der Waals surface area contributed by atoms with E-state index < -0.39 is 17.7 Å². The average molecular weight is 474 g/mol. The number of hydrogen-bond donors (Lipinski definition) is 1. The largest absolute Gasteiger partial charge is 0.506 e. The van der Waals surface area contributed by atoms with Gasteiger partial charge in [0.05, 0.1) is 32.9 Å². The highest BCUT2D eigenvalue weighted by molar-refractivity contribution is 6.46. The fourth-order valence-electron chi connectivity index (χ4n) is 4.42. The molecule has 0 spiro atoms. The van der Waals surface area contributed by atoms with E-state index in [1.165, 1.54) is 19.1 Å². The number of hydrogen-bond acceptors (Lipinski definition) is 6. The molecule has 0 aromatic heterocycles. The Morgan fingerprint density at radius 1 is 0.886 bits per heavy atom. The quantitative estimate of drug-likeness (QED) is 0.306. The summed E-state index contributed by atoms with van der Waals surface area (Å²) in [7, 11) is 4.49. The number of likely N-dealkylation sites (tertiary alicyclic amines) is 1. The van der Waals surface area contributed by atoms with Crippen molar-refractivity contribution in [3.8, 4) is 17.2 Å². The lowest BCUT2D eigenvalue weighted by atomic mass is 9.93. The summed E-state index contributed by atoms with van der Waals surface area (Å²) in [5.74, 6) is -0.533. The first-order valence-corrected chi connectivity index (χ1v) is 11.1. The molecule has 7 heteroatoms. The third kappa shape index (κ3) is 4.45. The van der Waals surface area contributed by atoms with Crippen LogP contribution in [-0.2, 0) is 16.1 Å². The molecule has 0 aliphatic carbocycles. The molecule has 1 aliphatic heterocycles. The summed E-state index contributed by atoms with van der Waals surface area (Å²) >= 11 is 0. The molecule has 7 nitrogen and oxygen atoms in total. The average Bonchev–Trinajstić information content (AvgIpc) is 3.12. The Hall–Kier alpha value is -4.26. The van der Waals surface area contributed by atoms with Gasteiger partial charge in [-0.25, -0.2) is 0 Å². The Morgan fingerprint density at radius 2 is 1.54 bits per heavy atom. The number of methoxy groups -OCH3 is 3. The van der Waals surface area contributed by atoms with E-state index in [0.717, 1.165) is 11.1 Å². The Bertz CT molecular complexity index is 1290. The molecule has 0 radical (unpaired) electrons. The molecule has 1 amide bonds. The lowest BCUT2D eigenvalue weighted by molar-refractivity contribution is -0.140. The van der Waals surface area contributed by atoms with Gasteiger partial charge >= 0.3 is 0 Å². The molecule has 1 fully saturated rings. The molecule has 1 atom stereocenters. The number of amides is 1. The van der Waals surface area contributed by atoms with Crippen LogP contribution in [0.4, 0.5) is 0 Å². The van der Waals surface area contributed by atoms with Gasteiger partial charge in [-0.2, -0.15) is 0 Å². The van der Waals surface area contributed by atoms with E-state index >= 15 is 0 Å². The maximum atomic E-state index is 13.4. The second-order valence-electron chi connectivity index (χ2n) is 8.23. The van der Waals surface area contributed by atoms with Gasteiger partial charge in [-0.3, -0.25) is 9.59 Å². The number of carbonyl (C=O) groups excluding carboxylic acids is 2. The van der Waals surface area contributed by atoms with E-state index in [-0.39, 0.29) is 23.4 Å². The van der Waals surface area contributed by atoms with Crippen molar-refractivity contribution in [3.63, 3.8) is 0 Å². The third-order valence-electron chi connectivity index (χ3n) is 6.05. The molecular weight excluding hydrogens is 446 g/mol. The van der Waals surface area contributed by atoms with Crippen LogP contribution in [-0.4, -0.2) is 43.0 Å². The molecule has 180 valence electrons. The van der Waals surface area contributed by atoms with Gasteiger partial charge in [0.25, 0.3) is 11.7 Å². The van der Waals surface area contributed by atoms with Gasteiger partial charge < -0.3 is 24.2 Å². The number of rotatable bonds is 7. The van der Waals surface area contributed by atoms with Crippen molar-refractivity contribution >= 4 is 17.4 Å². The molecule has 0 bridgehead atoms. The number of aliphatic hydroxyl groups is 1. The number of aliphatic hydroxyl groups excluding tert-OH is 1. The van der Waals surface area contributed by atoms with E-state index in [1.807, 2.05) is 55.5 Å². The maximum Gasteiger partial charge on any atom is 0.295 e. The maximum absolute atomic E-state index is 13.4. The summed E-state index contributed by atoms with van der Waals surface area (Å²) in [4.78, 5) is 28.2. The van der Waals surface area contributed by atoms with Crippen LogP contribution in [0.3, 0.4) is 0 Å². The summed E-state index contributed by atoms with van der Waals surface area (Å²) < 4.78 is 16.2. The first-order chi connectivity index (χ1) is 16.9. The lowest BCUT2D eigenvalue weighted by Crippen LogP contribution is -2.29. The summed E-state index contributed by atoms with van der Waals surface area (Å²) in [5, 5.41) is 11.5. The summed E-state index contributed by atoms with van der Waals surface area (Å²) in [5.41, 5.74) is 2.66. The van der Waals surface area contributed by atoms with Gasteiger partial charge in [-0.1, -0.05) is 48.0 Å². The van der Waals surface area contributed by atoms with Gasteiger partial charge in [-0.05, 0) is 42.3 Å². The van der Waals surface area contributed by atoms with Crippen molar-refractivity contribution in [2.75, 3.05) is 21.3 Å². The van der Waals surface area contributed by atoms with E-state index in [2.05, 4.69) is 0 Å². The second kappa shape index (κ2) is 9.93. The Labute approximate surface area is 204 Å². The van der Waals surface area contributed by atoms with E-state index in [0.29, 0.717) is 22.8 Å². The van der Waals surface area contributed by atoms with Gasteiger partial charge in [0, 0.05) is 6.54 Å². The van der Waals surface area contributed by atoms with Crippen molar-refractivity contribution in [2.45, 2.75) is 19.5 Å². The highest BCUT2D eigenvalue weighted by Gasteiger charge is 2.46. The van der Waals surface area contributed by atoms with Crippen molar-refractivity contribution in [3.05, 3.63) is 94.6 Å². The minimum absolute atomic E-state index is 0.0219. The molecular formula is C28H27NO6. The minimum Gasteiger partial charge on any atom is -0.506 e. The number of benzene rings is 3.